The van der Waals surface area contributed by atoms with Crippen molar-refractivity contribution in [2.24, 2.45) is 5.92 Å². The van der Waals surface area contributed by atoms with E-state index in [9.17, 15) is 14.5 Å². The summed E-state index contributed by atoms with van der Waals surface area (Å²) in [4.78, 5) is 9.87. The first-order valence-corrected chi connectivity index (χ1v) is 6.15. The summed E-state index contributed by atoms with van der Waals surface area (Å²) in [5.74, 6) is -0.0831. The van der Waals surface area contributed by atoms with Crippen LogP contribution in [0, 0.1) is 21.8 Å². The highest BCUT2D eigenvalue weighted by Crippen LogP contribution is 2.19. The zero-order valence-corrected chi connectivity index (χ0v) is 10.8. The second-order valence-electron chi connectivity index (χ2n) is 4.72. The lowest BCUT2D eigenvalue weighted by molar-refractivity contribution is -0.387. The van der Waals surface area contributed by atoms with E-state index in [2.05, 4.69) is 19.2 Å². The summed E-state index contributed by atoms with van der Waals surface area (Å²) in [6.45, 7) is 5.42. The van der Waals surface area contributed by atoms with Gasteiger partial charge in [0.1, 0.15) is 0 Å². The maximum atomic E-state index is 13.7. The van der Waals surface area contributed by atoms with Gasteiger partial charge in [-0.2, -0.15) is 4.39 Å². The molecular weight excluding hydrogens is 235 g/mol. The van der Waals surface area contributed by atoms with Crippen molar-refractivity contribution in [1.29, 1.82) is 0 Å². The minimum Gasteiger partial charge on any atom is -0.313 e. The van der Waals surface area contributed by atoms with Gasteiger partial charge < -0.3 is 5.32 Å². The molecule has 0 atom stereocenters. The highest BCUT2D eigenvalue weighted by molar-refractivity contribution is 5.36. The third-order valence-corrected chi connectivity index (χ3v) is 2.71. The van der Waals surface area contributed by atoms with Gasteiger partial charge in [-0.1, -0.05) is 26.0 Å². The first-order chi connectivity index (χ1) is 8.52. The van der Waals surface area contributed by atoms with Crippen molar-refractivity contribution in [1.82, 2.24) is 5.32 Å². The molecule has 4 nitrogen and oxygen atoms in total. The molecule has 0 saturated carbocycles. The van der Waals surface area contributed by atoms with Crippen LogP contribution in [0.1, 0.15) is 32.3 Å². The van der Waals surface area contributed by atoms with Crippen LogP contribution < -0.4 is 5.32 Å². The Hall–Kier alpha value is -1.49. The predicted octanol–water partition coefficient (Wildman–Crippen LogP) is 3.26. The topological polar surface area (TPSA) is 55.2 Å². The minimum absolute atomic E-state index is 0.325. The zero-order valence-electron chi connectivity index (χ0n) is 10.8. The molecule has 0 aromatic heterocycles. The quantitative estimate of drug-likeness (QED) is 0.461. The predicted molar refractivity (Wildman–Crippen MR) is 68.8 cm³/mol. The number of nitro groups is 1. The first-order valence-electron chi connectivity index (χ1n) is 6.15. The molecule has 0 aliphatic carbocycles. The van der Waals surface area contributed by atoms with Gasteiger partial charge in [0, 0.05) is 18.2 Å². The Labute approximate surface area is 106 Å². The third kappa shape index (κ3) is 4.41. The van der Waals surface area contributed by atoms with Crippen molar-refractivity contribution in [3.8, 4) is 0 Å². The average molecular weight is 254 g/mol. The summed E-state index contributed by atoms with van der Waals surface area (Å²) in [6.07, 6.45) is 2.14. The van der Waals surface area contributed by atoms with E-state index in [1.165, 1.54) is 12.1 Å². The van der Waals surface area contributed by atoms with Crippen LogP contribution in [0.2, 0.25) is 0 Å². The van der Waals surface area contributed by atoms with Gasteiger partial charge in [0.05, 0.1) is 4.92 Å². The third-order valence-electron chi connectivity index (χ3n) is 2.71. The molecule has 0 spiro atoms. The molecule has 0 heterocycles. The molecule has 0 radical (unpaired) electrons. The van der Waals surface area contributed by atoms with Crippen LogP contribution in [0.4, 0.5) is 10.1 Å². The molecule has 1 N–H and O–H groups in total. The highest BCUT2D eigenvalue weighted by atomic mass is 19.1. The molecule has 0 fully saturated rings. The fraction of sp³-hybridized carbons (Fsp3) is 0.538. The summed E-state index contributed by atoms with van der Waals surface area (Å²) in [6, 6.07) is 4.25. The van der Waals surface area contributed by atoms with E-state index in [-0.39, 0.29) is 0 Å². The van der Waals surface area contributed by atoms with Crippen molar-refractivity contribution in [3.05, 3.63) is 39.7 Å². The number of rotatable bonds is 7. The Bertz CT molecular complexity index is 408. The van der Waals surface area contributed by atoms with E-state index >= 15 is 0 Å². The van der Waals surface area contributed by atoms with E-state index in [0.717, 1.165) is 19.4 Å². The van der Waals surface area contributed by atoms with Crippen LogP contribution in [0.25, 0.3) is 0 Å². The highest BCUT2D eigenvalue weighted by Gasteiger charge is 2.16. The molecule has 1 aromatic rings. The van der Waals surface area contributed by atoms with Crippen LogP contribution in [-0.2, 0) is 6.54 Å². The molecule has 1 rings (SSSR count). The fourth-order valence-electron chi connectivity index (χ4n) is 1.70. The van der Waals surface area contributed by atoms with Crippen molar-refractivity contribution < 1.29 is 9.31 Å². The van der Waals surface area contributed by atoms with Gasteiger partial charge in [0.25, 0.3) is 0 Å². The van der Waals surface area contributed by atoms with Crippen LogP contribution in [0.15, 0.2) is 18.2 Å². The molecule has 100 valence electrons. The second-order valence-corrected chi connectivity index (χ2v) is 4.72. The maximum Gasteiger partial charge on any atom is 0.305 e. The lowest BCUT2D eigenvalue weighted by atomic mass is 10.1. The van der Waals surface area contributed by atoms with E-state index in [1.54, 1.807) is 6.07 Å². The molecule has 18 heavy (non-hydrogen) atoms. The van der Waals surface area contributed by atoms with E-state index in [4.69, 9.17) is 0 Å². The summed E-state index contributed by atoms with van der Waals surface area (Å²) in [5.41, 5.74) is -0.120. The Balaban J connectivity index is 2.48. The monoisotopic (exact) mass is 254 g/mol. The first kappa shape index (κ1) is 14.6. The standard InChI is InChI=1S/C13H19FN2O2/c1-10(2)5-4-8-15-9-11-6-3-7-12(13(11)14)16(17)18/h3,6-7,10,15H,4-5,8-9H2,1-2H3. The van der Waals surface area contributed by atoms with Crippen LogP contribution in [-0.4, -0.2) is 11.5 Å². The van der Waals surface area contributed by atoms with Crippen LogP contribution >= 0.6 is 0 Å². The normalized spacial score (nSPS) is 10.9. The van der Waals surface area contributed by atoms with Gasteiger partial charge >= 0.3 is 5.69 Å². The zero-order chi connectivity index (χ0) is 13.5. The summed E-state index contributed by atoms with van der Waals surface area (Å²) >= 11 is 0. The Kier molecular flexibility index (Phi) is 5.71. The maximum absolute atomic E-state index is 13.7. The largest absolute Gasteiger partial charge is 0.313 e. The number of nitrogens with one attached hydrogen (secondary N) is 1. The molecule has 5 heteroatoms. The molecule has 0 aliphatic rings. The summed E-state index contributed by atoms with van der Waals surface area (Å²) < 4.78 is 13.7. The van der Waals surface area contributed by atoms with Crippen molar-refractivity contribution in [2.75, 3.05) is 6.54 Å². The van der Waals surface area contributed by atoms with E-state index < -0.39 is 16.4 Å². The lowest BCUT2D eigenvalue weighted by Crippen LogP contribution is -2.16. The number of benzene rings is 1. The number of nitro benzene ring substituents is 1. The SMILES string of the molecule is CC(C)CCCNCc1cccc([N+](=O)[O-])c1F. The fourth-order valence-corrected chi connectivity index (χ4v) is 1.70. The van der Waals surface area contributed by atoms with E-state index in [1.807, 2.05) is 0 Å². The minimum atomic E-state index is -0.737. The summed E-state index contributed by atoms with van der Waals surface area (Å²) in [7, 11) is 0. The Morgan fingerprint density at radius 1 is 1.44 bits per heavy atom. The van der Waals surface area contributed by atoms with Gasteiger partial charge in [-0.3, -0.25) is 10.1 Å². The summed E-state index contributed by atoms with van der Waals surface area (Å²) in [5, 5.41) is 13.7. The molecule has 0 amide bonds. The molecular formula is C13H19FN2O2. The number of halogens is 1. The Morgan fingerprint density at radius 3 is 2.78 bits per heavy atom. The molecule has 0 unspecified atom stereocenters. The van der Waals surface area contributed by atoms with Gasteiger partial charge in [-0.25, -0.2) is 0 Å². The lowest BCUT2D eigenvalue weighted by Gasteiger charge is -2.07. The average Bonchev–Trinajstić information content (AvgIpc) is 2.30. The van der Waals surface area contributed by atoms with Crippen molar-refractivity contribution in [2.45, 2.75) is 33.2 Å². The number of hydrogen-bond acceptors (Lipinski definition) is 3. The number of hydrogen-bond donors (Lipinski definition) is 1. The van der Waals surface area contributed by atoms with Gasteiger partial charge in [0.15, 0.2) is 0 Å². The second kappa shape index (κ2) is 7.06. The molecule has 0 bridgehead atoms. The smallest absolute Gasteiger partial charge is 0.305 e. The van der Waals surface area contributed by atoms with Crippen molar-refractivity contribution >= 4 is 5.69 Å². The molecule has 0 aliphatic heterocycles. The van der Waals surface area contributed by atoms with E-state index in [0.29, 0.717) is 18.0 Å². The van der Waals surface area contributed by atoms with Gasteiger partial charge in [0.2, 0.25) is 5.82 Å². The Morgan fingerprint density at radius 2 is 2.17 bits per heavy atom. The molecule has 1 aromatic carbocycles. The number of nitrogens with zero attached hydrogens (tertiary/aromatic N) is 1. The molecule has 0 saturated heterocycles. The van der Waals surface area contributed by atoms with Gasteiger partial charge in [-0.05, 0) is 25.3 Å². The van der Waals surface area contributed by atoms with Crippen molar-refractivity contribution in [3.63, 3.8) is 0 Å². The van der Waals surface area contributed by atoms with Gasteiger partial charge in [-0.15, -0.1) is 0 Å². The van der Waals surface area contributed by atoms with Crippen LogP contribution in [0.5, 0.6) is 0 Å². The van der Waals surface area contributed by atoms with Crippen LogP contribution in [0.3, 0.4) is 0 Å².